The van der Waals surface area contributed by atoms with Crippen molar-refractivity contribution in [2.75, 3.05) is 16.8 Å². The predicted molar refractivity (Wildman–Crippen MR) is 94.6 cm³/mol. The van der Waals surface area contributed by atoms with Gasteiger partial charge in [-0.3, -0.25) is 14.4 Å². The van der Waals surface area contributed by atoms with E-state index in [0.717, 1.165) is 0 Å². The SMILES string of the molecule is CC(C)n1ncc2c1NC(=O)C[C@@]21C(=O)N(CC(N)=O)c2ccccc21. The van der Waals surface area contributed by atoms with E-state index in [1.165, 1.54) is 4.90 Å². The molecule has 1 spiro atoms. The van der Waals surface area contributed by atoms with Crippen LogP contribution in [0.5, 0.6) is 0 Å². The van der Waals surface area contributed by atoms with Crippen molar-refractivity contribution in [2.24, 2.45) is 5.73 Å². The van der Waals surface area contributed by atoms with Crippen LogP contribution in [0.3, 0.4) is 0 Å². The molecule has 0 unspecified atom stereocenters. The fourth-order valence-electron chi connectivity index (χ4n) is 3.97. The summed E-state index contributed by atoms with van der Waals surface area (Å²) in [6.07, 6.45) is 1.60. The van der Waals surface area contributed by atoms with Crippen molar-refractivity contribution in [3.63, 3.8) is 0 Å². The number of anilines is 2. The number of aromatic nitrogens is 2. The van der Waals surface area contributed by atoms with Crippen molar-refractivity contribution in [1.29, 1.82) is 0 Å². The van der Waals surface area contributed by atoms with Crippen LogP contribution in [0.4, 0.5) is 11.5 Å². The number of hydrogen-bond acceptors (Lipinski definition) is 4. The third-order valence-electron chi connectivity index (χ3n) is 5.01. The van der Waals surface area contributed by atoms with Crippen LogP contribution in [0.2, 0.25) is 0 Å². The molecule has 8 nitrogen and oxygen atoms in total. The van der Waals surface area contributed by atoms with Gasteiger partial charge in [0.2, 0.25) is 17.7 Å². The maximum atomic E-state index is 13.5. The summed E-state index contributed by atoms with van der Waals surface area (Å²) < 4.78 is 1.70. The maximum absolute atomic E-state index is 13.5. The van der Waals surface area contributed by atoms with Gasteiger partial charge in [0, 0.05) is 23.7 Å². The molecule has 0 radical (unpaired) electrons. The van der Waals surface area contributed by atoms with Gasteiger partial charge in [0.15, 0.2) is 0 Å². The van der Waals surface area contributed by atoms with E-state index in [1.54, 1.807) is 23.0 Å². The molecule has 2 aliphatic heterocycles. The number of benzene rings is 1. The third kappa shape index (κ3) is 2.01. The number of nitrogens with two attached hydrogens (primary N) is 1. The molecule has 1 aromatic carbocycles. The molecule has 1 atom stereocenters. The molecule has 0 aliphatic carbocycles. The van der Waals surface area contributed by atoms with Crippen molar-refractivity contribution in [1.82, 2.24) is 9.78 Å². The van der Waals surface area contributed by atoms with E-state index in [0.29, 0.717) is 22.6 Å². The van der Waals surface area contributed by atoms with Crippen LogP contribution < -0.4 is 16.0 Å². The molecule has 2 aromatic rings. The molecule has 26 heavy (non-hydrogen) atoms. The Morgan fingerprint density at radius 3 is 2.73 bits per heavy atom. The van der Waals surface area contributed by atoms with E-state index in [1.807, 2.05) is 26.0 Å². The highest BCUT2D eigenvalue weighted by molar-refractivity contribution is 6.17. The summed E-state index contributed by atoms with van der Waals surface area (Å²) in [5.74, 6) is -0.662. The summed E-state index contributed by atoms with van der Waals surface area (Å²) >= 11 is 0. The Morgan fingerprint density at radius 1 is 1.31 bits per heavy atom. The second-order valence-corrected chi connectivity index (χ2v) is 6.95. The van der Waals surface area contributed by atoms with Gasteiger partial charge in [-0.05, 0) is 25.5 Å². The Hall–Kier alpha value is -3.16. The number of para-hydroxylation sites is 1. The summed E-state index contributed by atoms with van der Waals surface area (Å²) in [6, 6.07) is 7.22. The molecule has 134 valence electrons. The number of carbonyl (C=O) groups excluding carboxylic acids is 3. The van der Waals surface area contributed by atoms with E-state index in [-0.39, 0.29) is 30.8 Å². The molecule has 8 heteroatoms. The smallest absolute Gasteiger partial charge is 0.243 e. The first-order valence-electron chi connectivity index (χ1n) is 8.44. The summed E-state index contributed by atoms with van der Waals surface area (Å²) in [4.78, 5) is 38.9. The predicted octanol–water partition coefficient (Wildman–Crippen LogP) is 0.924. The van der Waals surface area contributed by atoms with Crippen molar-refractivity contribution in [2.45, 2.75) is 31.7 Å². The number of carbonyl (C=O) groups is 3. The van der Waals surface area contributed by atoms with Gasteiger partial charge in [-0.1, -0.05) is 18.2 Å². The molecule has 3 N–H and O–H groups in total. The lowest BCUT2D eigenvalue weighted by Crippen LogP contribution is -2.48. The first-order valence-corrected chi connectivity index (χ1v) is 8.44. The molecule has 3 heterocycles. The minimum atomic E-state index is -1.18. The first kappa shape index (κ1) is 16.3. The summed E-state index contributed by atoms with van der Waals surface area (Å²) in [7, 11) is 0. The number of hydrogen-bond donors (Lipinski definition) is 2. The van der Waals surface area contributed by atoms with Gasteiger partial charge in [0.1, 0.15) is 17.8 Å². The fraction of sp³-hybridized carbons (Fsp3) is 0.333. The van der Waals surface area contributed by atoms with Crippen molar-refractivity contribution >= 4 is 29.2 Å². The molecule has 2 aliphatic rings. The van der Waals surface area contributed by atoms with Crippen LogP contribution in [-0.2, 0) is 19.8 Å². The normalized spacial score (nSPS) is 21.1. The van der Waals surface area contributed by atoms with Gasteiger partial charge in [0.05, 0.1) is 6.20 Å². The van der Waals surface area contributed by atoms with Gasteiger partial charge in [-0.2, -0.15) is 5.10 Å². The van der Waals surface area contributed by atoms with Gasteiger partial charge in [-0.25, -0.2) is 4.68 Å². The second kappa shape index (κ2) is 5.42. The quantitative estimate of drug-likeness (QED) is 0.855. The molecule has 0 saturated heterocycles. The van der Waals surface area contributed by atoms with E-state index in [4.69, 9.17) is 5.73 Å². The Labute approximate surface area is 150 Å². The van der Waals surface area contributed by atoms with Crippen LogP contribution >= 0.6 is 0 Å². The van der Waals surface area contributed by atoms with Crippen LogP contribution in [0.15, 0.2) is 30.5 Å². The lowest BCUT2D eigenvalue weighted by atomic mass is 9.72. The zero-order valence-corrected chi connectivity index (χ0v) is 14.5. The largest absolute Gasteiger partial charge is 0.368 e. The topological polar surface area (TPSA) is 110 Å². The van der Waals surface area contributed by atoms with E-state index in [2.05, 4.69) is 10.4 Å². The third-order valence-corrected chi connectivity index (χ3v) is 5.01. The molecule has 4 rings (SSSR count). The Kier molecular flexibility index (Phi) is 3.40. The van der Waals surface area contributed by atoms with E-state index in [9.17, 15) is 14.4 Å². The molecule has 1 aromatic heterocycles. The highest BCUT2D eigenvalue weighted by Crippen LogP contribution is 2.52. The Morgan fingerprint density at radius 2 is 2.04 bits per heavy atom. The molecule has 0 fully saturated rings. The van der Waals surface area contributed by atoms with Crippen LogP contribution in [-0.4, -0.2) is 34.0 Å². The summed E-state index contributed by atoms with van der Waals surface area (Å²) in [5, 5.41) is 7.23. The summed E-state index contributed by atoms with van der Waals surface area (Å²) in [5.41, 5.74) is 6.12. The minimum Gasteiger partial charge on any atom is -0.368 e. The van der Waals surface area contributed by atoms with Crippen LogP contribution in [0.1, 0.15) is 37.4 Å². The fourth-order valence-corrected chi connectivity index (χ4v) is 3.97. The lowest BCUT2D eigenvalue weighted by molar-refractivity contribution is -0.127. The standard InChI is InChI=1S/C18H19N5O3/c1-10(2)23-16-12(8-20-23)18(7-15(25)21-16)11-5-3-4-6-13(11)22(17(18)26)9-14(19)24/h3-6,8,10H,7,9H2,1-2H3,(H2,19,24)(H,21,25)/t18-/m0/s1. The first-order chi connectivity index (χ1) is 12.4. The van der Waals surface area contributed by atoms with Gasteiger partial charge in [0.25, 0.3) is 0 Å². The van der Waals surface area contributed by atoms with Crippen LogP contribution in [0, 0.1) is 0 Å². The minimum absolute atomic E-state index is 0.0164. The average molecular weight is 353 g/mol. The van der Waals surface area contributed by atoms with Gasteiger partial charge >= 0.3 is 0 Å². The average Bonchev–Trinajstić information content (AvgIpc) is 3.10. The number of nitrogens with zero attached hydrogens (tertiary/aromatic N) is 3. The number of primary amides is 1. The highest BCUT2D eigenvalue weighted by atomic mass is 16.2. The van der Waals surface area contributed by atoms with E-state index >= 15 is 0 Å². The highest BCUT2D eigenvalue weighted by Gasteiger charge is 2.57. The zero-order chi connectivity index (χ0) is 18.6. The van der Waals surface area contributed by atoms with Crippen molar-refractivity contribution in [3.05, 3.63) is 41.6 Å². The molecule has 0 saturated carbocycles. The number of nitrogens with one attached hydrogen (secondary N) is 1. The van der Waals surface area contributed by atoms with Gasteiger partial charge in [-0.15, -0.1) is 0 Å². The number of amides is 3. The van der Waals surface area contributed by atoms with Crippen molar-refractivity contribution < 1.29 is 14.4 Å². The Balaban J connectivity index is 1.98. The van der Waals surface area contributed by atoms with E-state index < -0.39 is 11.3 Å². The second-order valence-electron chi connectivity index (χ2n) is 6.95. The lowest BCUT2D eigenvalue weighted by Gasteiger charge is -2.32. The molecular weight excluding hydrogens is 334 g/mol. The van der Waals surface area contributed by atoms with Gasteiger partial charge < -0.3 is 16.0 Å². The number of fused-ring (bicyclic) bond motifs is 4. The van der Waals surface area contributed by atoms with Crippen LogP contribution in [0.25, 0.3) is 0 Å². The maximum Gasteiger partial charge on any atom is 0.243 e. The molecule has 3 amide bonds. The van der Waals surface area contributed by atoms with Crippen molar-refractivity contribution in [3.8, 4) is 0 Å². The summed E-state index contributed by atoms with van der Waals surface area (Å²) in [6.45, 7) is 3.67. The Bertz CT molecular complexity index is 948. The number of rotatable bonds is 3. The molecule has 0 bridgehead atoms. The monoisotopic (exact) mass is 353 g/mol. The zero-order valence-electron chi connectivity index (χ0n) is 14.5. The molecular formula is C18H19N5O3.